The van der Waals surface area contributed by atoms with E-state index in [0.29, 0.717) is 17.4 Å². The Morgan fingerprint density at radius 1 is 0.774 bits per heavy atom. The van der Waals surface area contributed by atoms with Crippen molar-refractivity contribution in [3.63, 3.8) is 0 Å². The van der Waals surface area contributed by atoms with Crippen LogP contribution in [0.2, 0.25) is 0 Å². The molecule has 4 heteroatoms. The molecule has 0 spiro atoms. The molecular formula is C27H48NO3+. The summed E-state index contributed by atoms with van der Waals surface area (Å²) in [5.41, 5.74) is -1.13. The third-order valence-corrected chi connectivity index (χ3v) is 4.97. The molecule has 0 aromatic carbocycles. The van der Waals surface area contributed by atoms with Crippen LogP contribution in [-0.2, 0) is 4.79 Å². The number of nitrogens with zero attached hydrogens (tertiary/aromatic N) is 1. The summed E-state index contributed by atoms with van der Waals surface area (Å²) in [4.78, 5) is 11.1. The molecule has 0 radical (unpaired) electrons. The first-order valence-electron chi connectivity index (χ1n) is 12.0. The molecule has 0 saturated heterocycles. The Kier molecular flexibility index (Phi) is 17.0. The van der Waals surface area contributed by atoms with Gasteiger partial charge in [0.25, 0.3) is 0 Å². The molecular weight excluding hydrogens is 386 g/mol. The summed E-state index contributed by atoms with van der Waals surface area (Å²) < 4.78 is 0.557. The highest BCUT2D eigenvalue weighted by molar-refractivity contribution is 5.68. The summed E-state index contributed by atoms with van der Waals surface area (Å²) in [6.45, 7) is 2.68. The zero-order valence-electron chi connectivity index (χ0n) is 20.6. The van der Waals surface area contributed by atoms with Crippen molar-refractivity contribution in [2.45, 2.75) is 89.6 Å². The molecule has 0 amide bonds. The third kappa shape index (κ3) is 21.4. The number of carboxylic acid groups (broad SMARTS) is 1. The molecule has 178 valence electrons. The van der Waals surface area contributed by atoms with Crippen LogP contribution in [0, 0.1) is 0 Å². The molecule has 0 rings (SSSR count). The molecule has 1 atom stereocenters. The highest BCUT2D eigenvalue weighted by Gasteiger charge is 2.35. The average Bonchev–Trinajstić information content (AvgIpc) is 2.65. The first-order chi connectivity index (χ1) is 14.7. The highest BCUT2D eigenvalue weighted by Crippen LogP contribution is 2.22. The fourth-order valence-corrected chi connectivity index (χ4v) is 3.66. The summed E-state index contributed by atoms with van der Waals surface area (Å²) in [6, 6.07) is 0. The van der Waals surface area contributed by atoms with Gasteiger partial charge in [0.05, 0.1) is 27.6 Å². The lowest BCUT2D eigenvalue weighted by Gasteiger charge is -2.34. The Balaban J connectivity index is 3.88. The number of hydrogen-bond acceptors (Lipinski definition) is 2. The number of likely N-dealkylation sites (N-methyl/N-ethyl adjacent to an activating group) is 1. The number of rotatable bonds is 19. The maximum atomic E-state index is 11.1. The van der Waals surface area contributed by atoms with Crippen LogP contribution in [0.4, 0.5) is 0 Å². The molecule has 0 fully saturated rings. The highest BCUT2D eigenvalue weighted by atomic mass is 16.4. The summed E-state index contributed by atoms with van der Waals surface area (Å²) in [5, 5.41) is 19.8. The number of aliphatic carboxylic acids is 1. The quantitative estimate of drug-likeness (QED) is 0.140. The lowest BCUT2D eigenvalue weighted by Crippen LogP contribution is -2.50. The Morgan fingerprint density at radius 3 is 1.65 bits per heavy atom. The molecule has 0 aliphatic carbocycles. The number of allylic oxidation sites excluding steroid dienone is 8. The van der Waals surface area contributed by atoms with Crippen LogP contribution in [0.15, 0.2) is 48.6 Å². The lowest BCUT2D eigenvalue weighted by atomic mass is 9.91. The first kappa shape index (κ1) is 29.4. The van der Waals surface area contributed by atoms with Crippen LogP contribution in [0.1, 0.15) is 84.0 Å². The molecule has 0 saturated carbocycles. The monoisotopic (exact) mass is 434 g/mol. The molecule has 2 N–H and O–H groups in total. The van der Waals surface area contributed by atoms with Crippen LogP contribution in [0.5, 0.6) is 0 Å². The van der Waals surface area contributed by atoms with E-state index >= 15 is 0 Å². The van der Waals surface area contributed by atoms with Gasteiger partial charge in [-0.1, -0.05) is 74.8 Å². The topological polar surface area (TPSA) is 57.5 Å². The van der Waals surface area contributed by atoms with Gasteiger partial charge >= 0.3 is 5.97 Å². The molecule has 0 aliphatic rings. The summed E-state index contributed by atoms with van der Waals surface area (Å²) >= 11 is 0. The van der Waals surface area contributed by atoms with Crippen molar-refractivity contribution in [2.75, 3.05) is 27.7 Å². The number of aliphatic hydroxyl groups is 1. The van der Waals surface area contributed by atoms with Crippen LogP contribution in [0.3, 0.4) is 0 Å². The molecule has 4 nitrogen and oxygen atoms in total. The van der Waals surface area contributed by atoms with Gasteiger partial charge in [-0.3, -0.25) is 4.79 Å². The second-order valence-corrected chi connectivity index (χ2v) is 9.58. The number of quaternary nitrogens is 1. The largest absolute Gasteiger partial charge is 0.481 e. The zero-order valence-corrected chi connectivity index (χ0v) is 20.6. The standard InChI is InChI=1S/C27H47NO3/c1-5-6-7-8-9-10-11-12-13-14-15-16-17-18-19-20-21-22-23-27(31,24-26(29)30)25-28(2,3)4/h9-10,12-13,15-16,18-19,31H,5-8,11,14,17,20-25H2,1-4H3/p+1/b10-9-,13-12-,16-15-,19-18-. The van der Waals surface area contributed by atoms with Gasteiger partial charge in [-0.05, 0) is 51.4 Å². The van der Waals surface area contributed by atoms with E-state index in [4.69, 9.17) is 5.11 Å². The van der Waals surface area contributed by atoms with E-state index in [2.05, 4.69) is 55.5 Å². The number of carbonyl (C=O) groups is 1. The fourth-order valence-electron chi connectivity index (χ4n) is 3.66. The number of hydrogen-bond donors (Lipinski definition) is 2. The summed E-state index contributed by atoms with van der Waals surface area (Å²) in [7, 11) is 5.93. The van der Waals surface area contributed by atoms with Gasteiger partial charge in [-0.15, -0.1) is 0 Å². The van der Waals surface area contributed by atoms with Crippen LogP contribution >= 0.6 is 0 Å². The molecule has 31 heavy (non-hydrogen) atoms. The van der Waals surface area contributed by atoms with E-state index < -0.39 is 11.6 Å². The van der Waals surface area contributed by atoms with Crippen LogP contribution in [0.25, 0.3) is 0 Å². The van der Waals surface area contributed by atoms with E-state index in [1.165, 1.54) is 25.7 Å². The van der Waals surface area contributed by atoms with Crippen LogP contribution < -0.4 is 0 Å². The molecule has 0 heterocycles. The van der Waals surface area contributed by atoms with Crippen LogP contribution in [-0.4, -0.2) is 54.0 Å². The predicted octanol–water partition coefficient (Wildman–Crippen LogP) is 6.43. The van der Waals surface area contributed by atoms with Gasteiger partial charge in [-0.2, -0.15) is 0 Å². The smallest absolute Gasteiger partial charge is 0.306 e. The van der Waals surface area contributed by atoms with E-state index in [9.17, 15) is 9.90 Å². The normalized spacial score (nSPS) is 15.0. The van der Waals surface area contributed by atoms with Gasteiger partial charge < -0.3 is 14.7 Å². The third-order valence-electron chi connectivity index (χ3n) is 4.97. The number of unbranched alkanes of at least 4 members (excludes halogenated alkanes) is 5. The minimum Gasteiger partial charge on any atom is -0.481 e. The van der Waals surface area contributed by atoms with Gasteiger partial charge in [0.15, 0.2) is 0 Å². The maximum absolute atomic E-state index is 11.1. The van der Waals surface area contributed by atoms with Crippen molar-refractivity contribution in [3.8, 4) is 0 Å². The van der Waals surface area contributed by atoms with E-state index in [1.54, 1.807) is 0 Å². The second kappa shape index (κ2) is 18.0. The molecule has 1 unspecified atom stereocenters. The predicted molar refractivity (Wildman–Crippen MR) is 133 cm³/mol. The van der Waals surface area contributed by atoms with Crippen molar-refractivity contribution in [3.05, 3.63) is 48.6 Å². The Labute approximate surface area is 191 Å². The summed E-state index contributed by atoms with van der Waals surface area (Å²) in [5.74, 6) is -0.934. The Hall–Kier alpha value is -1.65. The van der Waals surface area contributed by atoms with Gasteiger partial charge in [0, 0.05) is 0 Å². The fraction of sp³-hybridized carbons (Fsp3) is 0.667. The van der Waals surface area contributed by atoms with Crippen molar-refractivity contribution in [1.82, 2.24) is 0 Å². The molecule has 0 aromatic heterocycles. The van der Waals surface area contributed by atoms with E-state index in [1.807, 2.05) is 21.1 Å². The van der Waals surface area contributed by atoms with Gasteiger partial charge in [0.1, 0.15) is 12.1 Å². The minimum absolute atomic E-state index is 0.188. The molecule has 0 bridgehead atoms. The van der Waals surface area contributed by atoms with E-state index in [0.717, 1.165) is 38.5 Å². The zero-order chi connectivity index (χ0) is 23.4. The maximum Gasteiger partial charge on any atom is 0.306 e. The lowest BCUT2D eigenvalue weighted by molar-refractivity contribution is -0.877. The van der Waals surface area contributed by atoms with E-state index in [-0.39, 0.29) is 6.42 Å². The minimum atomic E-state index is -1.13. The average molecular weight is 435 g/mol. The van der Waals surface area contributed by atoms with Gasteiger partial charge in [0.2, 0.25) is 0 Å². The number of carboxylic acids is 1. The molecule has 0 aliphatic heterocycles. The Morgan fingerprint density at radius 2 is 1.23 bits per heavy atom. The SMILES string of the molecule is CCCCC/C=C\C/C=C\C/C=C\C/C=C\CCCCC(O)(CC(=O)O)C[N+](C)(C)C. The summed E-state index contributed by atoms with van der Waals surface area (Å²) in [6.07, 6.45) is 28.9. The van der Waals surface area contributed by atoms with Crippen molar-refractivity contribution in [2.24, 2.45) is 0 Å². The molecule has 0 aromatic rings. The van der Waals surface area contributed by atoms with Gasteiger partial charge in [-0.25, -0.2) is 0 Å². The van der Waals surface area contributed by atoms with Crippen molar-refractivity contribution >= 4 is 5.97 Å². The Bertz CT molecular complexity index is 570. The first-order valence-corrected chi connectivity index (χ1v) is 12.0. The second-order valence-electron chi connectivity index (χ2n) is 9.58. The van der Waals surface area contributed by atoms with Crippen molar-refractivity contribution in [1.29, 1.82) is 0 Å². The van der Waals surface area contributed by atoms with Crippen molar-refractivity contribution < 1.29 is 19.5 Å².